The van der Waals surface area contributed by atoms with Crippen molar-refractivity contribution in [3.63, 3.8) is 0 Å². The maximum atomic E-state index is 11.8. The Morgan fingerprint density at radius 1 is 1.18 bits per heavy atom. The second-order valence-corrected chi connectivity index (χ2v) is 5.92. The van der Waals surface area contributed by atoms with Gasteiger partial charge < -0.3 is 20.1 Å². The number of carbonyl (C=O) groups excluding carboxylic acids is 2. The summed E-state index contributed by atoms with van der Waals surface area (Å²) in [6.45, 7) is 5.63. The number of hydrogen-bond acceptors (Lipinski definition) is 4. The standard InChI is InChI=1S/C16H24N2O4/c1-16(2,3)18-15(20)14(19)17-10-13(22-5)11-7-6-8-12(9-11)21-4/h6-9,13H,10H2,1-5H3,(H,17,19)(H,18,20). The fourth-order valence-electron chi connectivity index (χ4n) is 1.84. The lowest BCUT2D eigenvalue weighted by Crippen LogP contribution is -2.48. The van der Waals surface area contributed by atoms with Crippen molar-refractivity contribution in [2.45, 2.75) is 32.4 Å². The van der Waals surface area contributed by atoms with Crippen LogP contribution in [0, 0.1) is 0 Å². The first-order valence-corrected chi connectivity index (χ1v) is 7.04. The molecular weight excluding hydrogens is 284 g/mol. The average molecular weight is 308 g/mol. The lowest BCUT2D eigenvalue weighted by Gasteiger charge is -2.21. The van der Waals surface area contributed by atoms with E-state index >= 15 is 0 Å². The number of ether oxygens (including phenoxy) is 2. The van der Waals surface area contributed by atoms with Gasteiger partial charge in [-0.2, -0.15) is 0 Å². The van der Waals surface area contributed by atoms with Crippen molar-refractivity contribution < 1.29 is 19.1 Å². The lowest BCUT2D eigenvalue weighted by molar-refractivity contribution is -0.140. The van der Waals surface area contributed by atoms with Gasteiger partial charge in [-0.15, -0.1) is 0 Å². The summed E-state index contributed by atoms with van der Waals surface area (Å²) < 4.78 is 10.5. The molecule has 1 aromatic carbocycles. The molecule has 0 saturated carbocycles. The molecule has 6 heteroatoms. The second kappa shape index (κ2) is 7.79. The Balaban J connectivity index is 2.63. The highest BCUT2D eigenvalue weighted by Crippen LogP contribution is 2.20. The van der Waals surface area contributed by atoms with Crippen LogP contribution in [-0.4, -0.2) is 38.1 Å². The minimum Gasteiger partial charge on any atom is -0.497 e. The predicted octanol–water partition coefficient (Wildman–Crippen LogP) is 1.41. The van der Waals surface area contributed by atoms with Gasteiger partial charge in [-0.05, 0) is 38.5 Å². The Hall–Kier alpha value is -2.08. The van der Waals surface area contributed by atoms with E-state index in [0.717, 1.165) is 5.56 Å². The third-order valence-corrected chi connectivity index (χ3v) is 2.89. The summed E-state index contributed by atoms with van der Waals surface area (Å²) in [5.41, 5.74) is 0.403. The molecule has 0 aliphatic rings. The van der Waals surface area contributed by atoms with Crippen molar-refractivity contribution in [1.82, 2.24) is 10.6 Å². The maximum Gasteiger partial charge on any atom is 0.309 e. The number of amides is 2. The van der Waals surface area contributed by atoms with Crippen LogP contribution in [0.5, 0.6) is 5.75 Å². The number of benzene rings is 1. The highest BCUT2D eigenvalue weighted by atomic mass is 16.5. The maximum absolute atomic E-state index is 11.8. The van der Waals surface area contributed by atoms with Crippen molar-refractivity contribution in [3.8, 4) is 5.75 Å². The summed E-state index contributed by atoms with van der Waals surface area (Å²) in [4.78, 5) is 23.5. The Morgan fingerprint density at radius 3 is 2.41 bits per heavy atom. The molecule has 22 heavy (non-hydrogen) atoms. The molecule has 1 rings (SSSR count). The second-order valence-electron chi connectivity index (χ2n) is 5.92. The zero-order chi connectivity index (χ0) is 16.8. The normalized spacial score (nSPS) is 12.4. The average Bonchev–Trinajstić information content (AvgIpc) is 2.46. The molecule has 0 radical (unpaired) electrons. The highest BCUT2D eigenvalue weighted by Gasteiger charge is 2.21. The smallest absolute Gasteiger partial charge is 0.309 e. The van der Waals surface area contributed by atoms with Crippen LogP contribution in [-0.2, 0) is 14.3 Å². The molecule has 1 atom stereocenters. The van der Waals surface area contributed by atoms with Crippen LogP contribution < -0.4 is 15.4 Å². The number of methoxy groups -OCH3 is 2. The van der Waals surface area contributed by atoms with Crippen LogP contribution in [0.4, 0.5) is 0 Å². The van der Waals surface area contributed by atoms with Crippen molar-refractivity contribution in [2.75, 3.05) is 20.8 Å². The summed E-state index contributed by atoms with van der Waals surface area (Å²) in [6, 6.07) is 7.37. The largest absolute Gasteiger partial charge is 0.497 e. The molecule has 0 saturated heterocycles. The first-order valence-electron chi connectivity index (χ1n) is 7.04. The summed E-state index contributed by atoms with van der Waals surface area (Å²) >= 11 is 0. The van der Waals surface area contributed by atoms with Gasteiger partial charge in [0.15, 0.2) is 0 Å². The lowest BCUT2D eigenvalue weighted by atomic mass is 10.1. The minimum absolute atomic E-state index is 0.195. The predicted molar refractivity (Wildman–Crippen MR) is 83.6 cm³/mol. The quantitative estimate of drug-likeness (QED) is 0.807. The van der Waals surface area contributed by atoms with Crippen LogP contribution in [0.1, 0.15) is 32.4 Å². The van der Waals surface area contributed by atoms with Crippen LogP contribution in [0.15, 0.2) is 24.3 Å². The number of rotatable bonds is 5. The van der Waals surface area contributed by atoms with E-state index in [9.17, 15) is 9.59 Å². The molecule has 0 aliphatic carbocycles. The van der Waals surface area contributed by atoms with E-state index in [4.69, 9.17) is 9.47 Å². The summed E-state index contributed by atoms with van der Waals surface area (Å²) in [5.74, 6) is -0.635. The Morgan fingerprint density at radius 2 is 1.86 bits per heavy atom. The molecule has 0 fully saturated rings. The molecule has 0 aliphatic heterocycles. The molecule has 0 bridgehead atoms. The molecule has 0 spiro atoms. The fraction of sp³-hybridized carbons (Fsp3) is 0.500. The van der Waals surface area contributed by atoms with Crippen molar-refractivity contribution in [1.29, 1.82) is 0 Å². The molecule has 6 nitrogen and oxygen atoms in total. The molecule has 1 aromatic rings. The summed E-state index contributed by atoms with van der Waals surface area (Å²) in [7, 11) is 3.13. The minimum atomic E-state index is -0.681. The molecule has 0 heterocycles. The molecule has 2 N–H and O–H groups in total. The first-order chi connectivity index (χ1) is 10.3. The van der Waals surface area contributed by atoms with Crippen LogP contribution in [0.3, 0.4) is 0 Å². The number of carbonyl (C=O) groups is 2. The molecule has 2 amide bonds. The zero-order valence-corrected chi connectivity index (χ0v) is 13.7. The monoisotopic (exact) mass is 308 g/mol. The summed E-state index contributed by atoms with van der Waals surface area (Å²) in [6.07, 6.45) is -0.360. The SMILES string of the molecule is COc1cccc(C(CNC(=O)C(=O)NC(C)(C)C)OC)c1. The van der Waals surface area contributed by atoms with E-state index in [0.29, 0.717) is 5.75 Å². The van der Waals surface area contributed by atoms with Gasteiger partial charge in [0.2, 0.25) is 0 Å². The van der Waals surface area contributed by atoms with Gasteiger partial charge in [0.05, 0.1) is 13.2 Å². The highest BCUT2D eigenvalue weighted by molar-refractivity contribution is 6.35. The van der Waals surface area contributed by atoms with E-state index in [1.54, 1.807) is 14.2 Å². The van der Waals surface area contributed by atoms with E-state index < -0.39 is 17.4 Å². The van der Waals surface area contributed by atoms with Crippen molar-refractivity contribution in [2.24, 2.45) is 0 Å². The number of nitrogens with one attached hydrogen (secondary N) is 2. The summed E-state index contributed by atoms with van der Waals surface area (Å²) in [5, 5.41) is 5.18. The van der Waals surface area contributed by atoms with E-state index in [1.165, 1.54) is 0 Å². The van der Waals surface area contributed by atoms with Crippen LogP contribution >= 0.6 is 0 Å². The van der Waals surface area contributed by atoms with E-state index in [-0.39, 0.29) is 12.6 Å². The van der Waals surface area contributed by atoms with Gasteiger partial charge in [0, 0.05) is 19.2 Å². The first kappa shape index (κ1) is 18.0. The van der Waals surface area contributed by atoms with Crippen molar-refractivity contribution >= 4 is 11.8 Å². The van der Waals surface area contributed by atoms with Crippen LogP contribution in [0.2, 0.25) is 0 Å². The number of hydrogen-bond donors (Lipinski definition) is 2. The Kier molecular flexibility index (Phi) is 6.37. The van der Waals surface area contributed by atoms with Crippen LogP contribution in [0.25, 0.3) is 0 Å². The van der Waals surface area contributed by atoms with Crippen molar-refractivity contribution in [3.05, 3.63) is 29.8 Å². The third-order valence-electron chi connectivity index (χ3n) is 2.89. The van der Waals surface area contributed by atoms with Gasteiger partial charge in [0.1, 0.15) is 5.75 Å². The topological polar surface area (TPSA) is 76.7 Å². The van der Waals surface area contributed by atoms with E-state index in [2.05, 4.69) is 10.6 Å². The van der Waals surface area contributed by atoms with Gasteiger partial charge in [-0.3, -0.25) is 9.59 Å². The van der Waals surface area contributed by atoms with Gasteiger partial charge >= 0.3 is 11.8 Å². The van der Waals surface area contributed by atoms with E-state index in [1.807, 2.05) is 45.0 Å². The molecular formula is C16H24N2O4. The fourth-order valence-corrected chi connectivity index (χ4v) is 1.84. The Bertz CT molecular complexity index is 523. The Labute approximate surface area is 131 Å². The third kappa shape index (κ3) is 5.73. The molecule has 0 aromatic heterocycles. The molecule has 1 unspecified atom stereocenters. The van der Waals surface area contributed by atoms with Gasteiger partial charge in [0.25, 0.3) is 0 Å². The van der Waals surface area contributed by atoms with Gasteiger partial charge in [-0.25, -0.2) is 0 Å². The molecule has 122 valence electrons. The zero-order valence-electron chi connectivity index (χ0n) is 13.7. The van der Waals surface area contributed by atoms with Gasteiger partial charge in [-0.1, -0.05) is 12.1 Å².